The quantitative estimate of drug-likeness (QED) is 0.772. The molecule has 25 heavy (non-hydrogen) atoms. The maximum atomic E-state index is 10.5. The zero-order chi connectivity index (χ0) is 17.5. The van der Waals surface area contributed by atoms with Crippen LogP contribution in [0.15, 0.2) is 60.7 Å². The van der Waals surface area contributed by atoms with Crippen molar-refractivity contribution in [2.45, 2.75) is 43.7 Å². The van der Waals surface area contributed by atoms with Gasteiger partial charge >= 0.3 is 0 Å². The lowest BCUT2D eigenvalue weighted by atomic mass is 9.92. The van der Waals surface area contributed by atoms with Gasteiger partial charge in [-0.3, -0.25) is 0 Å². The van der Waals surface area contributed by atoms with Gasteiger partial charge in [0.25, 0.3) is 0 Å². The number of ether oxygens (including phenoxy) is 3. The van der Waals surface area contributed by atoms with E-state index in [0.717, 1.165) is 24.0 Å². The summed E-state index contributed by atoms with van der Waals surface area (Å²) < 4.78 is 17.2. The van der Waals surface area contributed by atoms with Gasteiger partial charge in [-0.25, -0.2) is 0 Å². The van der Waals surface area contributed by atoms with Gasteiger partial charge in [0, 0.05) is 26.4 Å². The zero-order valence-corrected chi connectivity index (χ0v) is 14.6. The Morgan fingerprint density at radius 2 is 1.72 bits per heavy atom. The van der Waals surface area contributed by atoms with Crippen molar-refractivity contribution in [3.05, 3.63) is 71.8 Å². The minimum atomic E-state index is -0.538. The monoisotopic (exact) mass is 342 g/mol. The predicted octanol–water partition coefficient (Wildman–Crippen LogP) is 4.02. The summed E-state index contributed by atoms with van der Waals surface area (Å²) in [6.45, 7) is 0.278. The van der Waals surface area contributed by atoms with Gasteiger partial charge in [-0.2, -0.15) is 0 Å². The highest BCUT2D eigenvalue weighted by atomic mass is 16.7. The summed E-state index contributed by atoms with van der Waals surface area (Å²) in [5, 5.41) is 10.5. The summed E-state index contributed by atoms with van der Waals surface area (Å²) in [6.07, 6.45) is 1.55. The fourth-order valence-corrected chi connectivity index (χ4v) is 3.37. The lowest BCUT2D eigenvalue weighted by Crippen LogP contribution is -2.34. The van der Waals surface area contributed by atoms with E-state index in [2.05, 4.69) is 12.1 Å². The van der Waals surface area contributed by atoms with Crippen molar-refractivity contribution >= 4 is 0 Å². The van der Waals surface area contributed by atoms with Gasteiger partial charge in [0.2, 0.25) is 0 Å². The molecule has 0 aromatic heterocycles. The van der Waals surface area contributed by atoms with Crippen molar-refractivity contribution in [1.82, 2.24) is 0 Å². The number of rotatable bonds is 7. The van der Waals surface area contributed by atoms with Gasteiger partial charge in [-0.15, -0.1) is 0 Å². The molecule has 4 atom stereocenters. The Hall–Kier alpha value is -1.72. The van der Waals surface area contributed by atoms with E-state index >= 15 is 0 Å². The summed E-state index contributed by atoms with van der Waals surface area (Å²) in [5.74, 6) is 0. The van der Waals surface area contributed by atoms with E-state index in [-0.39, 0.29) is 25.1 Å². The molecule has 1 aliphatic rings. The molecule has 1 aliphatic heterocycles. The van der Waals surface area contributed by atoms with Crippen LogP contribution in [0.3, 0.4) is 0 Å². The van der Waals surface area contributed by atoms with Gasteiger partial charge in [-0.05, 0) is 11.1 Å². The standard InChI is InChI=1S/C21H26O4/c1-23-15-24-18-12-19(13-20(22)16-8-4-2-5-9-16)25-21(14-18)17-10-6-3-7-11-17/h2-11,18-22H,12-15H2,1H3/t18-,19+,20?,21-/m1/s1. The van der Waals surface area contributed by atoms with Crippen molar-refractivity contribution in [1.29, 1.82) is 0 Å². The first-order chi connectivity index (χ1) is 12.3. The van der Waals surface area contributed by atoms with Gasteiger partial charge in [0.05, 0.1) is 24.4 Å². The van der Waals surface area contributed by atoms with E-state index in [4.69, 9.17) is 14.2 Å². The third-order valence-electron chi connectivity index (χ3n) is 4.62. The topological polar surface area (TPSA) is 47.9 Å². The molecule has 3 rings (SSSR count). The number of benzene rings is 2. The average Bonchev–Trinajstić information content (AvgIpc) is 2.67. The molecule has 4 heteroatoms. The number of hydrogen-bond donors (Lipinski definition) is 1. The molecular weight excluding hydrogens is 316 g/mol. The van der Waals surface area contributed by atoms with Gasteiger partial charge in [0.1, 0.15) is 6.79 Å². The fraction of sp³-hybridized carbons (Fsp3) is 0.429. The normalized spacial score (nSPS) is 24.8. The van der Waals surface area contributed by atoms with E-state index in [9.17, 15) is 5.11 Å². The van der Waals surface area contributed by atoms with Crippen LogP contribution >= 0.6 is 0 Å². The molecule has 134 valence electrons. The smallest absolute Gasteiger partial charge is 0.146 e. The highest BCUT2D eigenvalue weighted by molar-refractivity contribution is 5.19. The van der Waals surface area contributed by atoms with Crippen LogP contribution in [0.1, 0.15) is 42.6 Å². The van der Waals surface area contributed by atoms with Crippen molar-refractivity contribution < 1.29 is 19.3 Å². The molecule has 0 radical (unpaired) electrons. The number of aliphatic hydroxyl groups is 1. The highest BCUT2D eigenvalue weighted by Crippen LogP contribution is 2.36. The number of hydrogen-bond acceptors (Lipinski definition) is 4. The zero-order valence-electron chi connectivity index (χ0n) is 14.6. The first-order valence-electron chi connectivity index (χ1n) is 8.80. The van der Waals surface area contributed by atoms with Crippen LogP contribution in [0.5, 0.6) is 0 Å². The number of methoxy groups -OCH3 is 1. The van der Waals surface area contributed by atoms with Crippen LogP contribution in [0.25, 0.3) is 0 Å². The Kier molecular flexibility index (Phi) is 6.59. The fourth-order valence-electron chi connectivity index (χ4n) is 3.37. The lowest BCUT2D eigenvalue weighted by molar-refractivity contribution is -0.156. The SMILES string of the molecule is COCO[C@@H]1C[C@@H](CC(O)c2ccccc2)O[C@@H](c2ccccc2)C1. The minimum Gasteiger partial charge on any atom is -0.388 e. The molecule has 0 spiro atoms. The molecular formula is C21H26O4. The molecule has 2 aromatic rings. The molecule has 0 saturated carbocycles. The summed E-state index contributed by atoms with van der Waals surface area (Å²) in [7, 11) is 1.63. The van der Waals surface area contributed by atoms with E-state index < -0.39 is 6.10 Å². The first kappa shape index (κ1) is 18.1. The molecule has 1 heterocycles. The second kappa shape index (κ2) is 9.11. The maximum absolute atomic E-state index is 10.5. The molecule has 1 fully saturated rings. The molecule has 0 aliphatic carbocycles. The van der Waals surface area contributed by atoms with Crippen LogP contribution in [0, 0.1) is 0 Å². The molecule has 0 bridgehead atoms. The first-order valence-corrected chi connectivity index (χ1v) is 8.80. The van der Waals surface area contributed by atoms with Gasteiger partial charge in [-0.1, -0.05) is 60.7 Å². The second-order valence-corrected chi connectivity index (χ2v) is 6.49. The van der Waals surface area contributed by atoms with Crippen molar-refractivity contribution in [3.8, 4) is 0 Å². The Labute approximate surface area is 149 Å². The summed E-state index contributed by atoms with van der Waals surface area (Å²) in [5.41, 5.74) is 2.06. The maximum Gasteiger partial charge on any atom is 0.146 e. The number of aliphatic hydroxyl groups excluding tert-OH is 1. The largest absolute Gasteiger partial charge is 0.388 e. The molecule has 1 unspecified atom stereocenters. The second-order valence-electron chi connectivity index (χ2n) is 6.49. The Morgan fingerprint density at radius 1 is 1.04 bits per heavy atom. The van der Waals surface area contributed by atoms with E-state index in [1.54, 1.807) is 7.11 Å². The van der Waals surface area contributed by atoms with Gasteiger partial charge in [0.15, 0.2) is 0 Å². The average molecular weight is 342 g/mol. The molecule has 4 nitrogen and oxygen atoms in total. The lowest BCUT2D eigenvalue weighted by Gasteiger charge is -2.36. The van der Waals surface area contributed by atoms with Crippen LogP contribution in [-0.2, 0) is 14.2 Å². The minimum absolute atomic E-state index is 0.0234. The third-order valence-corrected chi connectivity index (χ3v) is 4.62. The Bertz CT molecular complexity index is 614. The van der Waals surface area contributed by atoms with E-state index in [1.807, 2.05) is 48.5 Å². The highest BCUT2D eigenvalue weighted by Gasteiger charge is 2.32. The van der Waals surface area contributed by atoms with Crippen LogP contribution in [-0.4, -0.2) is 31.2 Å². The van der Waals surface area contributed by atoms with E-state index in [1.165, 1.54) is 0 Å². The molecule has 1 saturated heterocycles. The molecule has 0 amide bonds. The third kappa shape index (κ3) is 5.13. The van der Waals surface area contributed by atoms with Crippen LogP contribution in [0.4, 0.5) is 0 Å². The molecule has 1 N–H and O–H groups in total. The predicted molar refractivity (Wildman–Crippen MR) is 96.1 cm³/mol. The Morgan fingerprint density at radius 3 is 2.40 bits per heavy atom. The van der Waals surface area contributed by atoms with Crippen LogP contribution < -0.4 is 0 Å². The Balaban J connectivity index is 1.68. The summed E-state index contributed by atoms with van der Waals surface area (Å²) in [4.78, 5) is 0. The summed E-state index contributed by atoms with van der Waals surface area (Å²) in [6, 6.07) is 19.9. The molecule has 2 aromatic carbocycles. The van der Waals surface area contributed by atoms with Crippen LogP contribution in [0.2, 0.25) is 0 Å². The van der Waals surface area contributed by atoms with Crippen molar-refractivity contribution in [2.24, 2.45) is 0 Å². The van der Waals surface area contributed by atoms with E-state index in [0.29, 0.717) is 6.42 Å². The summed E-state index contributed by atoms with van der Waals surface area (Å²) >= 11 is 0. The van der Waals surface area contributed by atoms with Crippen molar-refractivity contribution in [3.63, 3.8) is 0 Å². The van der Waals surface area contributed by atoms with Gasteiger partial charge < -0.3 is 19.3 Å². The van der Waals surface area contributed by atoms with Crippen molar-refractivity contribution in [2.75, 3.05) is 13.9 Å².